The highest BCUT2D eigenvalue weighted by molar-refractivity contribution is 5.92. The number of piperazine rings is 1. The summed E-state index contributed by atoms with van der Waals surface area (Å²) in [6.07, 6.45) is 6.96. The van der Waals surface area contributed by atoms with Gasteiger partial charge in [0.1, 0.15) is 5.82 Å². The molecule has 0 atom stereocenters. The number of nitrogens with zero attached hydrogens (tertiary/aromatic N) is 3. The molecule has 0 radical (unpaired) electrons. The van der Waals surface area contributed by atoms with Crippen LogP contribution in [0.5, 0.6) is 0 Å². The predicted octanol–water partition coefficient (Wildman–Crippen LogP) is 5.13. The van der Waals surface area contributed by atoms with Crippen LogP contribution in [0.4, 0.5) is 5.82 Å². The van der Waals surface area contributed by atoms with E-state index in [2.05, 4.69) is 111 Å². The number of benzene rings is 1. The highest BCUT2D eigenvalue weighted by Crippen LogP contribution is 2.44. The zero-order chi connectivity index (χ0) is 27.7. The van der Waals surface area contributed by atoms with Gasteiger partial charge in [0, 0.05) is 72.2 Å². The van der Waals surface area contributed by atoms with E-state index in [4.69, 9.17) is 9.78 Å². The second-order valence-electron chi connectivity index (χ2n) is 12.5. The number of piperidine rings is 1. The van der Waals surface area contributed by atoms with Crippen LogP contribution in [0.3, 0.4) is 0 Å². The lowest BCUT2D eigenvalue weighted by atomic mass is 9.72. The van der Waals surface area contributed by atoms with Crippen LogP contribution in [-0.4, -0.2) is 53.2 Å². The highest BCUT2D eigenvalue weighted by Gasteiger charge is 2.39. The van der Waals surface area contributed by atoms with E-state index in [0.29, 0.717) is 12.0 Å². The second kappa shape index (κ2) is 11.1. The summed E-state index contributed by atoms with van der Waals surface area (Å²) >= 11 is 0. The molecule has 2 saturated heterocycles. The van der Waals surface area contributed by atoms with Crippen LogP contribution >= 0.6 is 0 Å². The van der Waals surface area contributed by atoms with Crippen molar-refractivity contribution in [2.75, 3.05) is 31.1 Å². The zero-order valence-corrected chi connectivity index (χ0v) is 24.3. The third-order valence-corrected chi connectivity index (χ3v) is 7.86. The lowest BCUT2D eigenvalue weighted by Crippen LogP contribution is -2.57. The molecule has 0 spiro atoms. The average Bonchev–Trinajstić information content (AvgIpc) is 3.19. The lowest BCUT2D eigenvalue weighted by Gasteiger charge is -2.47. The molecule has 2 aromatic heterocycles. The van der Waals surface area contributed by atoms with Gasteiger partial charge in [-0.2, -0.15) is 0 Å². The van der Waals surface area contributed by atoms with Gasteiger partial charge in [0.15, 0.2) is 0 Å². The topological polar surface area (TPSA) is 88.2 Å². The molecule has 4 heterocycles. The summed E-state index contributed by atoms with van der Waals surface area (Å²) in [5.41, 5.74) is 11.1. The van der Waals surface area contributed by atoms with Gasteiger partial charge in [-0.1, -0.05) is 6.07 Å². The summed E-state index contributed by atoms with van der Waals surface area (Å²) in [4.78, 5) is 15.9. The van der Waals surface area contributed by atoms with E-state index >= 15 is 0 Å². The fourth-order valence-electron chi connectivity index (χ4n) is 6.72. The van der Waals surface area contributed by atoms with Crippen LogP contribution in [-0.2, 0) is 4.79 Å². The van der Waals surface area contributed by atoms with Crippen LogP contribution < -0.4 is 21.3 Å². The van der Waals surface area contributed by atoms with Gasteiger partial charge < -0.3 is 25.8 Å². The number of anilines is 1. The molecule has 1 aromatic carbocycles. The summed E-state index contributed by atoms with van der Waals surface area (Å²) in [6.45, 7) is 20.4. The first kappa shape index (κ1) is 28.1. The maximum atomic E-state index is 8.58. The molecule has 5 rings (SSSR count). The fraction of sp³-hybridized carbons (Fsp3) is 0.548. The van der Waals surface area contributed by atoms with Gasteiger partial charge in [0.2, 0.25) is 6.41 Å². The van der Waals surface area contributed by atoms with Crippen molar-refractivity contribution in [3.63, 3.8) is 0 Å². The van der Waals surface area contributed by atoms with Crippen molar-refractivity contribution in [2.45, 2.75) is 84.3 Å². The Morgan fingerprint density at radius 2 is 1.68 bits per heavy atom. The van der Waals surface area contributed by atoms with E-state index in [1.807, 2.05) is 0 Å². The molecule has 2 aliphatic heterocycles. The number of aryl methyl sites for hydroxylation is 1. The smallest absolute Gasteiger partial charge is 0.204 e. The van der Waals surface area contributed by atoms with Gasteiger partial charge >= 0.3 is 0 Å². The number of rotatable bonds is 4. The van der Waals surface area contributed by atoms with Crippen molar-refractivity contribution in [1.82, 2.24) is 20.2 Å². The Morgan fingerprint density at radius 3 is 2.24 bits per heavy atom. The molecular weight excluding hydrogens is 472 g/mol. The predicted molar refractivity (Wildman–Crippen MR) is 159 cm³/mol. The average molecular weight is 519 g/mol. The molecule has 7 heteroatoms. The summed E-state index contributed by atoms with van der Waals surface area (Å²) in [6, 6.07) is 9.76. The number of hydrogen-bond donors (Lipinski definition) is 3. The Kier molecular flexibility index (Phi) is 8.19. The Morgan fingerprint density at radius 1 is 1.05 bits per heavy atom. The first-order valence-electron chi connectivity index (χ1n) is 14.0. The maximum Gasteiger partial charge on any atom is 0.204 e. The Bertz CT molecular complexity index is 1240. The van der Waals surface area contributed by atoms with Crippen molar-refractivity contribution in [3.05, 3.63) is 47.8 Å². The quantitative estimate of drug-likeness (QED) is 0.417. The van der Waals surface area contributed by atoms with Crippen LogP contribution in [0.2, 0.25) is 0 Å². The number of hydrogen-bond acceptors (Lipinski definition) is 5. The number of fused-ring (bicyclic) bond motifs is 1. The SMILES string of the molecule is Cc1cn(C(C)C)c2cc(-c3ccc(N4CCNCC4)nc3)cc(C3CC(C)(C)NC(C)(C)C3)c12.NC=O. The first-order valence-corrected chi connectivity index (χ1v) is 14.0. The van der Waals surface area contributed by atoms with E-state index in [9.17, 15) is 0 Å². The van der Waals surface area contributed by atoms with Gasteiger partial charge in [-0.3, -0.25) is 4.79 Å². The number of nitrogens with one attached hydrogen (secondary N) is 2. The number of carbonyl (C=O) groups is 1. The standard InChI is InChI=1S/C30H43N5.CH3NO/c1-20(2)35-19-21(3)28-25(24-16-29(4,5)33-30(6,7)17-24)14-23(15-26(28)35)22-8-9-27(32-18-22)34-12-10-31-11-13-34;2-1-3/h8-9,14-15,18-20,24,31,33H,10-13,16-17H2,1-7H3;1H,(H2,2,3). The number of aromatic nitrogens is 2. The molecule has 3 aromatic rings. The Labute approximate surface area is 228 Å². The molecule has 0 bridgehead atoms. The molecule has 1 amide bonds. The number of pyridine rings is 1. The number of nitrogens with two attached hydrogens (primary N) is 1. The molecule has 0 saturated carbocycles. The van der Waals surface area contributed by atoms with Gasteiger partial charge in [0.25, 0.3) is 0 Å². The van der Waals surface area contributed by atoms with Gasteiger partial charge in [-0.05, 0) is 102 Å². The maximum absolute atomic E-state index is 8.58. The molecule has 38 heavy (non-hydrogen) atoms. The molecular formula is C31H46N6O. The zero-order valence-electron chi connectivity index (χ0n) is 24.3. The molecule has 206 valence electrons. The van der Waals surface area contributed by atoms with E-state index in [0.717, 1.165) is 44.8 Å². The number of primary amides is 1. The van der Waals surface area contributed by atoms with Crippen molar-refractivity contribution in [2.24, 2.45) is 5.73 Å². The summed E-state index contributed by atoms with van der Waals surface area (Å²) in [7, 11) is 0. The first-order chi connectivity index (χ1) is 17.9. The minimum absolute atomic E-state index is 0.107. The molecule has 0 unspecified atom stereocenters. The van der Waals surface area contributed by atoms with Crippen molar-refractivity contribution in [3.8, 4) is 11.1 Å². The number of amides is 1. The van der Waals surface area contributed by atoms with Gasteiger partial charge in [-0.25, -0.2) is 4.98 Å². The van der Waals surface area contributed by atoms with Crippen molar-refractivity contribution in [1.29, 1.82) is 0 Å². The van der Waals surface area contributed by atoms with E-state index < -0.39 is 0 Å². The van der Waals surface area contributed by atoms with Gasteiger partial charge in [0.05, 0.1) is 0 Å². The minimum Gasteiger partial charge on any atom is -0.372 e. The van der Waals surface area contributed by atoms with Crippen LogP contribution in [0.25, 0.3) is 22.0 Å². The highest BCUT2D eigenvalue weighted by atomic mass is 16.1. The summed E-state index contributed by atoms with van der Waals surface area (Å²) < 4.78 is 2.46. The molecule has 2 aliphatic rings. The van der Waals surface area contributed by atoms with E-state index in [-0.39, 0.29) is 17.5 Å². The number of carbonyl (C=O) groups excluding carboxylic acids is 1. The van der Waals surface area contributed by atoms with Crippen LogP contribution in [0.15, 0.2) is 36.7 Å². The summed E-state index contributed by atoms with van der Waals surface area (Å²) in [5, 5.41) is 8.76. The van der Waals surface area contributed by atoms with E-state index in [1.165, 1.54) is 33.2 Å². The minimum atomic E-state index is 0.107. The Hall–Kier alpha value is -2.90. The van der Waals surface area contributed by atoms with Crippen LogP contribution in [0.1, 0.15) is 77.5 Å². The van der Waals surface area contributed by atoms with Crippen LogP contribution in [0, 0.1) is 6.92 Å². The van der Waals surface area contributed by atoms with Gasteiger partial charge in [-0.15, -0.1) is 0 Å². The fourth-order valence-corrected chi connectivity index (χ4v) is 6.72. The Balaban J connectivity index is 0.00000107. The normalized spacial score (nSPS) is 19.3. The molecule has 4 N–H and O–H groups in total. The molecule has 2 fully saturated rings. The molecule has 0 aliphatic carbocycles. The lowest BCUT2D eigenvalue weighted by molar-refractivity contribution is -0.106. The molecule has 7 nitrogen and oxygen atoms in total. The third-order valence-electron chi connectivity index (χ3n) is 7.86. The summed E-state index contributed by atoms with van der Waals surface area (Å²) in [5.74, 6) is 1.60. The monoisotopic (exact) mass is 518 g/mol. The van der Waals surface area contributed by atoms with E-state index in [1.54, 1.807) is 0 Å². The second-order valence-corrected chi connectivity index (χ2v) is 12.5. The van der Waals surface area contributed by atoms with Crippen molar-refractivity contribution < 1.29 is 4.79 Å². The third kappa shape index (κ3) is 6.05. The van der Waals surface area contributed by atoms with Crippen molar-refractivity contribution >= 4 is 23.1 Å². The largest absolute Gasteiger partial charge is 0.372 e.